The van der Waals surface area contributed by atoms with Crippen LogP contribution in [0.5, 0.6) is 5.75 Å². The van der Waals surface area contributed by atoms with Crippen molar-refractivity contribution in [2.75, 3.05) is 0 Å². The van der Waals surface area contributed by atoms with Gasteiger partial charge in [0.25, 0.3) is 5.91 Å². The lowest BCUT2D eigenvalue weighted by Gasteiger charge is -2.10. The van der Waals surface area contributed by atoms with Gasteiger partial charge in [0.1, 0.15) is 18.8 Å². The van der Waals surface area contributed by atoms with E-state index < -0.39 is 11.9 Å². The van der Waals surface area contributed by atoms with Crippen molar-refractivity contribution in [1.29, 1.82) is 5.26 Å². The summed E-state index contributed by atoms with van der Waals surface area (Å²) in [7, 11) is 0. The molecule has 0 aliphatic rings. The number of nitrogens with one attached hydrogen (secondary N) is 1. The van der Waals surface area contributed by atoms with Gasteiger partial charge in [-0.15, -0.1) is 0 Å². The first-order valence-corrected chi connectivity index (χ1v) is 8.22. The van der Waals surface area contributed by atoms with Gasteiger partial charge in [0.2, 0.25) is 0 Å². The second kappa shape index (κ2) is 9.34. The van der Waals surface area contributed by atoms with Gasteiger partial charge in [0, 0.05) is 10.0 Å². The molecule has 0 atom stereocenters. The van der Waals surface area contributed by atoms with E-state index in [0.29, 0.717) is 11.3 Å². The highest BCUT2D eigenvalue weighted by molar-refractivity contribution is 9.10. The van der Waals surface area contributed by atoms with Crippen LogP contribution in [0.4, 0.5) is 0 Å². The van der Waals surface area contributed by atoms with Crippen molar-refractivity contribution in [3.05, 3.63) is 63.6 Å². The number of aromatic carboxylic acids is 1. The maximum Gasteiger partial charge on any atom is 0.335 e. The largest absolute Gasteiger partial charge is 0.488 e. The Morgan fingerprint density at radius 1 is 1.27 bits per heavy atom. The van der Waals surface area contributed by atoms with E-state index in [0.717, 1.165) is 10.0 Å². The number of rotatable bonds is 7. The van der Waals surface area contributed by atoms with Crippen LogP contribution in [-0.2, 0) is 11.4 Å². The summed E-state index contributed by atoms with van der Waals surface area (Å²) in [5, 5.41) is 21.1. The number of amides is 1. The summed E-state index contributed by atoms with van der Waals surface area (Å²) >= 11 is 3.36. The number of hydrazone groups is 1. The van der Waals surface area contributed by atoms with Crippen LogP contribution >= 0.6 is 15.9 Å². The second-order valence-corrected chi connectivity index (χ2v) is 6.02. The van der Waals surface area contributed by atoms with Gasteiger partial charge >= 0.3 is 5.97 Å². The molecule has 8 heteroatoms. The van der Waals surface area contributed by atoms with Crippen molar-refractivity contribution in [3.63, 3.8) is 0 Å². The summed E-state index contributed by atoms with van der Waals surface area (Å²) in [6.45, 7) is 0.239. The van der Waals surface area contributed by atoms with E-state index in [4.69, 9.17) is 15.1 Å². The third kappa shape index (κ3) is 5.72. The normalized spacial score (nSPS) is 10.3. The minimum atomic E-state index is -0.984. The average molecular weight is 416 g/mol. The predicted octanol–water partition coefficient (Wildman–Crippen LogP) is 3.09. The summed E-state index contributed by atoms with van der Waals surface area (Å²) in [5.41, 5.74) is 3.89. The molecule has 0 aliphatic carbocycles. The lowest BCUT2D eigenvalue weighted by Crippen LogP contribution is -2.16. The Kier molecular flexibility index (Phi) is 6.88. The van der Waals surface area contributed by atoms with Gasteiger partial charge in [-0.2, -0.15) is 10.4 Å². The Balaban J connectivity index is 2.06. The van der Waals surface area contributed by atoms with Crippen LogP contribution in [0.25, 0.3) is 0 Å². The van der Waals surface area contributed by atoms with E-state index in [1.807, 2.05) is 0 Å². The predicted molar refractivity (Wildman–Crippen MR) is 97.8 cm³/mol. The monoisotopic (exact) mass is 415 g/mol. The van der Waals surface area contributed by atoms with E-state index in [-0.39, 0.29) is 18.6 Å². The van der Waals surface area contributed by atoms with E-state index >= 15 is 0 Å². The van der Waals surface area contributed by atoms with Crippen molar-refractivity contribution in [1.82, 2.24) is 5.43 Å². The average Bonchev–Trinajstić information content (AvgIpc) is 2.61. The summed E-state index contributed by atoms with van der Waals surface area (Å²) in [6.07, 6.45) is 1.15. The van der Waals surface area contributed by atoms with Gasteiger partial charge in [-0.1, -0.05) is 28.1 Å². The molecule has 0 fully saturated rings. The molecule has 0 heterocycles. The number of carboxylic acid groups (broad SMARTS) is 1. The van der Waals surface area contributed by atoms with Crippen LogP contribution in [0.2, 0.25) is 0 Å². The number of benzene rings is 2. The Hall–Kier alpha value is -3.18. The quantitative estimate of drug-likeness (QED) is 0.532. The molecule has 0 spiro atoms. The SMILES string of the molecule is N#CCC(=O)N/N=C/c1cc(Br)ccc1OCc1ccc(C(=O)O)cc1. The van der Waals surface area contributed by atoms with E-state index in [1.165, 1.54) is 18.3 Å². The number of carbonyl (C=O) groups is 2. The lowest BCUT2D eigenvalue weighted by atomic mass is 10.1. The molecule has 0 bridgehead atoms. The van der Waals surface area contributed by atoms with Crippen LogP contribution in [0.1, 0.15) is 27.9 Å². The highest BCUT2D eigenvalue weighted by Gasteiger charge is 2.06. The molecule has 1 amide bonds. The molecule has 0 saturated heterocycles. The first-order chi connectivity index (χ1) is 12.5. The summed E-state index contributed by atoms with van der Waals surface area (Å²) in [5.74, 6) is -0.948. The van der Waals surface area contributed by atoms with E-state index in [1.54, 1.807) is 36.4 Å². The molecule has 7 nitrogen and oxygen atoms in total. The zero-order chi connectivity index (χ0) is 18.9. The number of nitrogens with zero attached hydrogens (tertiary/aromatic N) is 2. The van der Waals surface area contributed by atoms with Crippen molar-refractivity contribution >= 4 is 34.0 Å². The van der Waals surface area contributed by atoms with Gasteiger partial charge in [-0.25, -0.2) is 10.2 Å². The van der Waals surface area contributed by atoms with Crippen molar-refractivity contribution in [2.24, 2.45) is 5.10 Å². The maximum absolute atomic E-state index is 11.2. The zero-order valence-electron chi connectivity index (χ0n) is 13.5. The van der Waals surface area contributed by atoms with Crippen LogP contribution in [0.15, 0.2) is 52.0 Å². The minimum absolute atomic E-state index is 0.207. The fourth-order valence-corrected chi connectivity index (χ4v) is 2.32. The van der Waals surface area contributed by atoms with Gasteiger partial charge in [0.05, 0.1) is 17.8 Å². The third-order valence-corrected chi connectivity index (χ3v) is 3.69. The molecule has 0 radical (unpaired) electrons. The molecule has 0 saturated carbocycles. The number of nitriles is 1. The number of carbonyl (C=O) groups excluding carboxylic acids is 1. The highest BCUT2D eigenvalue weighted by atomic mass is 79.9. The van der Waals surface area contributed by atoms with Crippen molar-refractivity contribution in [2.45, 2.75) is 13.0 Å². The molecule has 2 aromatic rings. The van der Waals surface area contributed by atoms with Crippen LogP contribution in [0, 0.1) is 11.3 Å². The zero-order valence-corrected chi connectivity index (χ0v) is 15.1. The van der Waals surface area contributed by atoms with Gasteiger partial charge in [0.15, 0.2) is 0 Å². The molecule has 2 rings (SSSR count). The number of ether oxygens (including phenoxy) is 1. The first-order valence-electron chi connectivity index (χ1n) is 7.43. The third-order valence-electron chi connectivity index (χ3n) is 3.20. The number of hydrogen-bond donors (Lipinski definition) is 2. The highest BCUT2D eigenvalue weighted by Crippen LogP contribution is 2.23. The Morgan fingerprint density at radius 3 is 2.65 bits per heavy atom. The number of carboxylic acids is 1. The summed E-state index contributed by atoms with van der Waals surface area (Å²) in [4.78, 5) is 22.1. The van der Waals surface area contributed by atoms with Crippen LogP contribution in [0.3, 0.4) is 0 Å². The molecule has 132 valence electrons. The van der Waals surface area contributed by atoms with Gasteiger partial charge in [-0.05, 0) is 35.9 Å². The molecule has 2 aromatic carbocycles. The molecular formula is C18H14BrN3O4. The lowest BCUT2D eigenvalue weighted by molar-refractivity contribution is -0.120. The molecule has 26 heavy (non-hydrogen) atoms. The van der Waals surface area contributed by atoms with Gasteiger partial charge < -0.3 is 9.84 Å². The fraction of sp³-hybridized carbons (Fsp3) is 0.111. The van der Waals surface area contributed by atoms with Crippen molar-refractivity contribution < 1.29 is 19.4 Å². The molecule has 0 aliphatic heterocycles. The first kappa shape index (κ1) is 19.1. The maximum atomic E-state index is 11.2. The van der Waals surface area contributed by atoms with E-state index in [9.17, 15) is 9.59 Å². The molecule has 0 unspecified atom stereocenters. The van der Waals surface area contributed by atoms with Gasteiger partial charge in [-0.3, -0.25) is 4.79 Å². The van der Waals surface area contributed by atoms with Crippen molar-refractivity contribution in [3.8, 4) is 11.8 Å². The fourth-order valence-electron chi connectivity index (χ4n) is 1.94. The Bertz CT molecular complexity index is 873. The summed E-state index contributed by atoms with van der Waals surface area (Å²) in [6, 6.07) is 13.4. The Morgan fingerprint density at radius 2 is 2.00 bits per heavy atom. The van der Waals surface area contributed by atoms with Crippen LogP contribution < -0.4 is 10.2 Å². The standard InChI is InChI=1S/C18H14BrN3O4/c19-15-5-6-16(14(9-15)10-21-22-17(23)7-8-20)26-11-12-1-3-13(4-2-12)18(24)25/h1-6,9-10H,7,11H2,(H,22,23)(H,24,25)/b21-10+. The molecule has 0 aromatic heterocycles. The number of hydrogen-bond acceptors (Lipinski definition) is 5. The second-order valence-electron chi connectivity index (χ2n) is 5.10. The smallest absolute Gasteiger partial charge is 0.335 e. The topological polar surface area (TPSA) is 112 Å². The summed E-state index contributed by atoms with van der Waals surface area (Å²) < 4.78 is 6.56. The molecule has 2 N–H and O–H groups in total. The molecular weight excluding hydrogens is 402 g/mol. The van der Waals surface area contributed by atoms with Crippen LogP contribution in [-0.4, -0.2) is 23.2 Å². The number of halogens is 1. The Labute approximate surface area is 158 Å². The van der Waals surface area contributed by atoms with E-state index in [2.05, 4.69) is 26.5 Å². The minimum Gasteiger partial charge on any atom is -0.488 e.